The van der Waals surface area contributed by atoms with E-state index in [1.807, 2.05) is 6.92 Å². The predicted octanol–water partition coefficient (Wildman–Crippen LogP) is 5.31. The van der Waals surface area contributed by atoms with Crippen LogP contribution in [-0.4, -0.2) is 29.4 Å². The SMILES string of the molecule is CCOc1cc(/C=C2\C(=O)NC(=O)N(c3ccc(C)cc3)C2=O)cc(Br)c1OCc1cccc([N+](=O)[O-])c1. The average Bonchev–Trinajstić information content (AvgIpc) is 2.87. The average molecular weight is 580 g/mol. The first-order chi connectivity index (χ1) is 18.2. The van der Waals surface area contributed by atoms with E-state index in [4.69, 9.17) is 9.47 Å². The highest BCUT2D eigenvalue weighted by atomic mass is 79.9. The number of aryl methyl sites for hydroxylation is 1. The van der Waals surface area contributed by atoms with Gasteiger partial charge < -0.3 is 9.47 Å². The Morgan fingerprint density at radius 2 is 1.79 bits per heavy atom. The van der Waals surface area contributed by atoms with E-state index >= 15 is 0 Å². The molecule has 0 bridgehead atoms. The molecule has 3 aromatic rings. The summed E-state index contributed by atoms with van der Waals surface area (Å²) in [5.41, 5.74) is 2.03. The summed E-state index contributed by atoms with van der Waals surface area (Å²) in [6, 6.07) is 15.2. The fraction of sp³-hybridized carbons (Fsp3) is 0.148. The van der Waals surface area contributed by atoms with E-state index in [0.717, 1.165) is 10.5 Å². The second kappa shape index (κ2) is 11.3. The molecule has 1 aliphatic rings. The zero-order valence-electron chi connectivity index (χ0n) is 20.4. The monoisotopic (exact) mass is 579 g/mol. The van der Waals surface area contributed by atoms with E-state index in [1.165, 1.54) is 18.2 Å². The molecule has 0 aromatic heterocycles. The number of carbonyl (C=O) groups excluding carboxylic acids is 3. The smallest absolute Gasteiger partial charge is 0.335 e. The summed E-state index contributed by atoms with van der Waals surface area (Å²) in [6.45, 7) is 4.00. The van der Waals surface area contributed by atoms with Gasteiger partial charge in [-0.3, -0.25) is 25.0 Å². The standard InChI is InChI=1S/C27H22BrN3O7/c1-3-37-23-14-18(13-22(28)24(23)38-15-17-5-4-6-20(11-17)31(35)36)12-21-25(32)29-27(34)30(26(21)33)19-9-7-16(2)8-10-19/h4-14H,3,15H2,1-2H3,(H,29,32,34)/b21-12+. The van der Waals surface area contributed by atoms with Crippen LogP contribution in [0.25, 0.3) is 6.08 Å². The molecule has 1 heterocycles. The van der Waals surface area contributed by atoms with Crippen molar-refractivity contribution in [3.05, 3.63) is 97.5 Å². The minimum absolute atomic E-state index is 0.0370. The molecule has 0 atom stereocenters. The first kappa shape index (κ1) is 26.6. The van der Waals surface area contributed by atoms with Gasteiger partial charge in [0, 0.05) is 12.1 Å². The van der Waals surface area contributed by atoms with Gasteiger partial charge in [0.2, 0.25) is 0 Å². The molecule has 3 aromatic carbocycles. The highest BCUT2D eigenvalue weighted by Gasteiger charge is 2.36. The number of non-ortho nitro benzene ring substituents is 1. The summed E-state index contributed by atoms with van der Waals surface area (Å²) in [5.74, 6) is -0.906. The molecule has 0 unspecified atom stereocenters. The van der Waals surface area contributed by atoms with Crippen molar-refractivity contribution in [2.24, 2.45) is 0 Å². The molecule has 11 heteroatoms. The number of amides is 4. The van der Waals surface area contributed by atoms with E-state index in [2.05, 4.69) is 21.2 Å². The quantitative estimate of drug-likeness (QED) is 0.166. The van der Waals surface area contributed by atoms with Crippen molar-refractivity contribution in [1.29, 1.82) is 0 Å². The van der Waals surface area contributed by atoms with Crippen LogP contribution >= 0.6 is 15.9 Å². The lowest BCUT2D eigenvalue weighted by Gasteiger charge is -2.26. The number of halogens is 1. The lowest BCUT2D eigenvalue weighted by molar-refractivity contribution is -0.384. The van der Waals surface area contributed by atoms with Gasteiger partial charge in [0.15, 0.2) is 11.5 Å². The number of anilines is 1. The van der Waals surface area contributed by atoms with Gasteiger partial charge in [-0.2, -0.15) is 0 Å². The first-order valence-corrected chi connectivity index (χ1v) is 12.3. The Kier molecular flexibility index (Phi) is 7.87. The van der Waals surface area contributed by atoms with Gasteiger partial charge in [-0.15, -0.1) is 0 Å². The predicted molar refractivity (Wildman–Crippen MR) is 143 cm³/mol. The zero-order valence-corrected chi connectivity index (χ0v) is 22.0. The number of nitrogens with one attached hydrogen (secondary N) is 1. The third-order valence-corrected chi connectivity index (χ3v) is 6.13. The fourth-order valence-corrected chi connectivity index (χ4v) is 4.32. The maximum atomic E-state index is 13.2. The highest BCUT2D eigenvalue weighted by Crippen LogP contribution is 2.38. The van der Waals surface area contributed by atoms with E-state index < -0.39 is 22.8 Å². The third kappa shape index (κ3) is 5.73. The molecule has 1 N–H and O–H groups in total. The Morgan fingerprint density at radius 3 is 2.47 bits per heavy atom. The van der Waals surface area contributed by atoms with Gasteiger partial charge in [0.05, 0.1) is 21.7 Å². The molecule has 0 radical (unpaired) electrons. The van der Waals surface area contributed by atoms with Crippen LogP contribution in [0.5, 0.6) is 11.5 Å². The Labute approximate surface area is 226 Å². The summed E-state index contributed by atoms with van der Waals surface area (Å²) >= 11 is 3.45. The number of ether oxygens (including phenoxy) is 2. The van der Waals surface area contributed by atoms with E-state index in [-0.39, 0.29) is 17.9 Å². The number of hydrogen-bond donors (Lipinski definition) is 1. The molecule has 1 fully saturated rings. The van der Waals surface area contributed by atoms with Crippen molar-refractivity contribution in [3.8, 4) is 11.5 Å². The number of barbiturate groups is 1. The van der Waals surface area contributed by atoms with Crippen LogP contribution in [0.2, 0.25) is 0 Å². The van der Waals surface area contributed by atoms with Crippen molar-refractivity contribution in [2.45, 2.75) is 20.5 Å². The van der Waals surface area contributed by atoms with Gasteiger partial charge in [-0.1, -0.05) is 29.8 Å². The molecular formula is C27H22BrN3O7. The molecule has 1 aliphatic heterocycles. The van der Waals surface area contributed by atoms with Gasteiger partial charge in [0.1, 0.15) is 12.2 Å². The number of carbonyl (C=O) groups is 3. The molecule has 194 valence electrons. The van der Waals surface area contributed by atoms with Crippen molar-refractivity contribution in [3.63, 3.8) is 0 Å². The van der Waals surface area contributed by atoms with Crippen molar-refractivity contribution >= 4 is 51.2 Å². The Hall–Kier alpha value is -4.51. The number of imide groups is 2. The summed E-state index contributed by atoms with van der Waals surface area (Å²) < 4.78 is 12.1. The molecule has 1 saturated heterocycles. The van der Waals surface area contributed by atoms with E-state index in [0.29, 0.717) is 39.4 Å². The molecule has 4 rings (SSSR count). The van der Waals surface area contributed by atoms with E-state index in [9.17, 15) is 24.5 Å². The van der Waals surface area contributed by atoms with Crippen LogP contribution in [0.3, 0.4) is 0 Å². The van der Waals surface area contributed by atoms with Crippen LogP contribution < -0.4 is 19.7 Å². The molecule has 0 saturated carbocycles. The van der Waals surface area contributed by atoms with Crippen molar-refractivity contribution in [2.75, 3.05) is 11.5 Å². The normalized spacial score (nSPS) is 14.4. The number of hydrogen-bond acceptors (Lipinski definition) is 7. The number of urea groups is 1. The zero-order chi connectivity index (χ0) is 27.4. The van der Waals surface area contributed by atoms with Crippen molar-refractivity contribution in [1.82, 2.24) is 5.32 Å². The minimum Gasteiger partial charge on any atom is -0.490 e. The molecule has 0 spiro atoms. The van der Waals surface area contributed by atoms with Crippen LogP contribution in [-0.2, 0) is 16.2 Å². The van der Waals surface area contributed by atoms with Gasteiger partial charge >= 0.3 is 6.03 Å². The summed E-state index contributed by atoms with van der Waals surface area (Å²) in [6.07, 6.45) is 1.36. The van der Waals surface area contributed by atoms with Crippen LogP contribution in [0, 0.1) is 17.0 Å². The number of rotatable bonds is 8. The molecular weight excluding hydrogens is 558 g/mol. The van der Waals surface area contributed by atoms with Crippen LogP contribution in [0.4, 0.5) is 16.2 Å². The second-order valence-electron chi connectivity index (χ2n) is 8.27. The fourth-order valence-electron chi connectivity index (χ4n) is 3.74. The van der Waals surface area contributed by atoms with Crippen molar-refractivity contribution < 1.29 is 28.8 Å². The first-order valence-electron chi connectivity index (χ1n) is 11.5. The van der Waals surface area contributed by atoms with Gasteiger partial charge in [0.25, 0.3) is 17.5 Å². The number of benzene rings is 3. The summed E-state index contributed by atoms with van der Waals surface area (Å²) in [7, 11) is 0. The molecule has 4 amide bonds. The maximum absolute atomic E-state index is 13.2. The lowest BCUT2D eigenvalue weighted by Crippen LogP contribution is -2.54. The lowest BCUT2D eigenvalue weighted by atomic mass is 10.1. The van der Waals surface area contributed by atoms with Gasteiger partial charge in [-0.05, 0) is 71.2 Å². The maximum Gasteiger partial charge on any atom is 0.335 e. The highest BCUT2D eigenvalue weighted by molar-refractivity contribution is 9.10. The number of nitro benzene ring substituents is 1. The largest absolute Gasteiger partial charge is 0.490 e. The molecule has 38 heavy (non-hydrogen) atoms. The number of nitro groups is 1. The van der Waals surface area contributed by atoms with E-state index in [1.54, 1.807) is 55.5 Å². The minimum atomic E-state index is -0.831. The second-order valence-corrected chi connectivity index (χ2v) is 9.13. The number of nitrogens with zero attached hydrogens (tertiary/aromatic N) is 2. The summed E-state index contributed by atoms with van der Waals surface area (Å²) in [5, 5.41) is 13.3. The summed E-state index contributed by atoms with van der Waals surface area (Å²) in [4.78, 5) is 49.7. The van der Waals surface area contributed by atoms with Crippen LogP contribution in [0.1, 0.15) is 23.6 Å². The van der Waals surface area contributed by atoms with Gasteiger partial charge in [-0.25, -0.2) is 9.69 Å². The Bertz CT molecular complexity index is 1470. The topological polar surface area (TPSA) is 128 Å². The van der Waals surface area contributed by atoms with Crippen LogP contribution in [0.15, 0.2) is 70.7 Å². The molecule has 10 nitrogen and oxygen atoms in total. The Morgan fingerprint density at radius 1 is 1.05 bits per heavy atom. The third-order valence-electron chi connectivity index (χ3n) is 5.54. The molecule has 0 aliphatic carbocycles. The Balaban J connectivity index is 1.64.